The summed E-state index contributed by atoms with van der Waals surface area (Å²) in [4.78, 5) is 0. The summed E-state index contributed by atoms with van der Waals surface area (Å²) in [5.41, 5.74) is 2.32. The molecule has 1 nitrogen and oxygen atoms in total. The Labute approximate surface area is 98.1 Å². The summed E-state index contributed by atoms with van der Waals surface area (Å²) in [5, 5.41) is 3.20. The Hall–Kier alpha value is -0.890. The highest BCUT2D eigenvalue weighted by Gasteiger charge is 2.13. The second-order valence-corrected chi connectivity index (χ2v) is 4.79. The Bertz CT molecular complexity index is 336. The molecule has 2 heteroatoms. The van der Waals surface area contributed by atoms with Crippen molar-refractivity contribution in [3.8, 4) is 0 Å². The highest BCUT2D eigenvalue weighted by atomic mass is 19.1. The molecule has 2 atom stereocenters. The molecule has 0 heterocycles. The maximum absolute atomic E-state index is 13.0. The van der Waals surface area contributed by atoms with E-state index in [0.29, 0.717) is 11.8 Å². The Morgan fingerprint density at radius 3 is 2.50 bits per heavy atom. The van der Waals surface area contributed by atoms with Crippen LogP contribution in [-0.2, 0) is 6.42 Å². The standard InChI is InChI=1S/C14H22FN/c1-10(12(3)9-16-4)7-13-5-6-14(15)8-11(13)2/h5-6,8,10,12,16H,7,9H2,1-4H3. The Morgan fingerprint density at radius 2 is 1.94 bits per heavy atom. The van der Waals surface area contributed by atoms with Crippen molar-refractivity contribution in [2.45, 2.75) is 27.2 Å². The van der Waals surface area contributed by atoms with Crippen molar-refractivity contribution < 1.29 is 4.39 Å². The van der Waals surface area contributed by atoms with Crippen LogP contribution in [0, 0.1) is 24.6 Å². The molecule has 2 unspecified atom stereocenters. The predicted molar refractivity (Wildman–Crippen MR) is 67.1 cm³/mol. The first-order valence-corrected chi connectivity index (χ1v) is 5.94. The summed E-state index contributed by atoms with van der Waals surface area (Å²) >= 11 is 0. The van der Waals surface area contributed by atoms with Crippen LogP contribution in [0.25, 0.3) is 0 Å². The van der Waals surface area contributed by atoms with Gasteiger partial charge in [-0.3, -0.25) is 0 Å². The van der Waals surface area contributed by atoms with Gasteiger partial charge >= 0.3 is 0 Å². The fraction of sp³-hybridized carbons (Fsp3) is 0.571. The Balaban J connectivity index is 2.65. The topological polar surface area (TPSA) is 12.0 Å². The number of hydrogen-bond acceptors (Lipinski definition) is 1. The third-order valence-electron chi connectivity index (χ3n) is 3.34. The molecule has 0 aromatic heterocycles. The van der Waals surface area contributed by atoms with Gasteiger partial charge in [0.25, 0.3) is 0 Å². The number of benzene rings is 1. The van der Waals surface area contributed by atoms with Crippen LogP contribution in [0.15, 0.2) is 18.2 Å². The molecule has 1 aromatic rings. The van der Waals surface area contributed by atoms with Gasteiger partial charge in [0.2, 0.25) is 0 Å². The molecule has 0 bridgehead atoms. The lowest BCUT2D eigenvalue weighted by Gasteiger charge is -2.20. The van der Waals surface area contributed by atoms with Gasteiger partial charge in [0.1, 0.15) is 5.82 Å². The van der Waals surface area contributed by atoms with Gasteiger partial charge in [0, 0.05) is 0 Å². The van der Waals surface area contributed by atoms with Gasteiger partial charge < -0.3 is 5.32 Å². The molecule has 1 N–H and O–H groups in total. The molecule has 0 amide bonds. The van der Waals surface area contributed by atoms with Crippen molar-refractivity contribution in [1.82, 2.24) is 5.32 Å². The number of nitrogens with one attached hydrogen (secondary N) is 1. The Morgan fingerprint density at radius 1 is 1.25 bits per heavy atom. The summed E-state index contributed by atoms with van der Waals surface area (Å²) in [5.74, 6) is 1.10. The molecule has 0 aliphatic rings. The van der Waals surface area contributed by atoms with Crippen LogP contribution in [0.4, 0.5) is 4.39 Å². The molecule has 0 radical (unpaired) electrons. The lowest BCUT2D eigenvalue weighted by atomic mass is 9.88. The average Bonchev–Trinajstić information content (AvgIpc) is 2.22. The van der Waals surface area contributed by atoms with Crippen LogP contribution >= 0.6 is 0 Å². The van der Waals surface area contributed by atoms with Crippen molar-refractivity contribution in [3.05, 3.63) is 35.1 Å². The summed E-state index contributed by atoms with van der Waals surface area (Å²) < 4.78 is 13.0. The molecule has 1 aromatic carbocycles. The second-order valence-electron chi connectivity index (χ2n) is 4.79. The van der Waals surface area contributed by atoms with Gasteiger partial charge in [0.05, 0.1) is 0 Å². The van der Waals surface area contributed by atoms with Crippen molar-refractivity contribution in [2.75, 3.05) is 13.6 Å². The molecule has 0 spiro atoms. The first kappa shape index (κ1) is 13.2. The molecule has 0 aliphatic heterocycles. The maximum Gasteiger partial charge on any atom is 0.123 e. The second kappa shape index (κ2) is 6.00. The number of halogens is 1. The monoisotopic (exact) mass is 223 g/mol. The van der Waals surface area contributed by atoms with E-state index in [1.54, 1.807) is 12.1 Å². The van der Waals surface area contributed by atoms with E-state index in [4.69, 9.17) is 0 Å². The molecule has 1 rings (SSSR count). The number of rotatable bonds is 5. The predicted octanol–water partition coefficient (Wildman–Crippen LogP) is 3.17. The van der Waals surface area contributed by atoms with E-state index in [0.717, 1.165) is 18.5 Å². The van der Waals surface area contributed by atoms with E-state index in [1.807, 2.05) is 20.0 Å². The van der Waals surface area contributed by atoms with Crippen LogP contribution < -0.4 is 5.32 Å². The number of aryl methyl sites for hydroxylation is 1. The first-order chi connectivity index (χ1) is 7.54. The van der Waals surface area contributed by atoms with Crippen molar-refractivity contribution in [3.63, 3.8) is 0 Å². The van der Waals surface area contributed by atoms with Gasteiger partial charge in [0.15, 0.2) is 0 Å². The fourth-order valence-electron chi connectivity index (χ4n) is 1.96. The van der Waals surface area contributed by atoms with E-state index < -0.39 is 0 Å². The minimum atomic E-state index is -0.142. The van der Waals surface area contributed by atoms with Crippen LogP contribution in [0.1, 0.15) is 25.0 Å². The van der Waals surface area contributed by atoms with Gasteiger partial charge in [-0.05, 0) is 62.0 Å². The largest absolute Gasteiger partial charge is 0.319 e. The Kier molecular flexibility index (Phi) is 4.94. The molecular formula is C14H22FN. The third-order valence-corrected chi connectivity index (χ3v) is 3.34. The molecule has 16 heavy (non-hydrogen) atoms. The van der Waals surface area contributed by atoms with Crippen LogP contribution in [0.3, 0.4) is 0 Å². The van der Waals surface area contributed by atoms with E-state index in [9.17, 15) is 4.39 Å². The highest BCUT2D eigenvalue weighted by Crippen LogP contribution is 2.19. The fourth-order valence-corrected chi connectivity index (χ4v) is 1.96. The van der Waals surface area contributed by atoms with Gasteiger partial charge in [-0.2, -0.15) is 0 Å². The van der Waals surface area contributed by atoms with Crippen molar-refractivity contribution >= 4 is 0 Å². The first-order valence-electron chi connectivity index (χ1n) is 5.94. The molecule has 0 fully saturated rings. The molecule has 90 valence electrons. The molecule has 0 saturated carbocycles. The van der Waals surface area contributed by atoms with Crippen molar-refractivity contribution in [2.24, 2.45) is 11.8 Å². The maximum atomic E-state index is 13.0. The lowest BCUT2D eigenvalue weighted by molar-refractivity contribution is 0.374. The summed E-state index contributed by atoms with van der Waals surface area (Å²) in [7, 11) is 1.98. The van der Waals surface area contributed by atoms with Crippen LogP contribution in [-0.4, -0.2) is 13.6 Å². The SMILES string of the molecule is CNCC(C)C(C)Cc1ccc(F)cc1C. The third kappa shape index (κ3) is 3.60. The summed E-state index contributed by atoms with van der Waals surface area (Å²) in [6, 6.07) is 5.08. The van der Waals surface area contributed by atoms with Crippen LogP contribution in [0.2, 0.25) is 0 Å². The van der Waals surface area contributed by atoms with Gasteiger partial charge in [-0.1, -0.05) is 19.9 Å². The van der Waals surface area contributed by atoms with Crippen molar-refractivity contribution in [1.29, 1.82) is 0 Å². The van der Waals surface area contributed by atoms with E-state index in [-0.39, 0.29) is 5.82 Å². The van der Waals surface area contributed by atoms with E-state index in [1.165, 1.54) is 5.56 Å². The quantitative estimate of drug-likeness (QED) is 0.808. The van der Waals surface area contributed by atoms with E-state index in [2.05, 4.69) is 19.2 Å². The molecular weight excluding hydrogens is 201 g/mol. The van der Waals surface area contributed by atoms with Gasteiger partial charge in [-0.25, -0.2) is 4.39 Å². The minimum absolute atomic E-state index is 0.142. The molecule has 0 saturated heterocycles. The van der Waals surface area contributed by atoms with Gasteiger partial charge in [-0.15, -0.1) is 0 Å². The highest BCUT2D eigenvalue weighted by molar-refractivity contribution is 5.26. The molecule has 0 aliphatic carbocycles. The normalized spacial score (nSPS) is 14.8. The summed E-state index contributed by atoms with van der Waals surface area (Å²) in [6.45, 7) is 7.51. The zero-order valence-corrected chi connectivity index (χ0v) is 10.7. The average molecular weight is 223 g/mol. The van der Waals surface area contributed by atoms with E-state index >= 15 is 0 Å². The number of hydrogen-bond donors (Lipinski definition) is 1. The smallest absolute Gasteiger partial charge is 0.123 e. The zero-order valence-electron chi connectivity index (χ0n) is 10.7. The van der Waals surface area contributed by atoms with Crippen LogP contribution in [0.5, 0.6) is 0 Å². The summed E-state index contributed by atoms with van der Waals surface area (Å²) in [6.07, 6.45) is 1.02. The zero-order chi connectivity index (χ0) is 12.1. The minimum Gasteiger partial charge on any atom is -0.319 e. The lowest BCUT2D eigenvalue weighted by Crippen LogP contribution is -2.23.